The van der Waals surface area contributed by atoms with Crippen LogP contribution < -0.4 is 11.3 Å². The lowest BCUT2D eigenvalue weighted by atomic mass is 10.1. The van der Waals surface area contributed by atoms with Crippen LogP contribution in [0.4, 0.5) is 5.69 Å². The van der Waals surface area contributed by atoms with Gasteiger partial charge in [0.15, 0.2) is 0 Å². The number of hydrogen-bond donors (Lipinski definition) is 1. The summed E-state index contributed by atoms with van der Waals surface area (Å²) in [5, 5.41) is 15.0. The smallest absolute Gasteiger partial charge is 0.270 e. The number of non-ortho nitro benzene ring substituents is 1. The SMILES string of the molecule is CC(C)(N)Cn1nc(-c2cccc([N+](=O)[O-])c2)ccc1=O. The largest absolute Gasteiger partial charge is 0.324 e. The molecule has 2 N–H and O–H groups in total. The maximum absolute atomic E-state index is 11.8. The molecule has 0 fully saturated rings. The Balaban J connectivity index is 2.46. The Morgan fingerprint density at radius 1 is 1.33 bits per heavy atom. The maximum Gasteiger partial charge on any atom is 0.270 e. The van der Waals surface area contributed by atoms with Gasteiger partial charge in [-0.05, 0) is 19.9 Å². The molecule has 0 unspecified atom stereocenters. The van der Waals surface area contributed by atoms with E-state index in [9.17, 15) is 14.9 Å². The summed E-state index contributed by atoms with van der Waals surface area (Å²) in [6.45, 7) is 3.84. The Hall–Kier alpha value is -2.54. The van der Waals surface area contributed by atoms with Gasteiger partial charge in [-0.3, -0.25) is 14.9 Å². The van der Waals surface area contributed by atoms with E-state index in [1.807, 2.05) is 0 Å². The van der Waals surface area contributed by atoms with Crippen LogP contribution in [0.25, 0.3) is 11.3 Å². The Kier molecular flexibility index (Phi) is 3.86. The summed E-state index contributed by atoms with van der Waals surface area (Å²) in [5.41, 5.74) is 6.10. The van der Waals surface area contributed by atoms with E-state index < -0.39 is 10.5 Å². The highest BCUT2D eigenvalue weighted by atomic mass is 16.6. The van der Waals surface area contributed by atoms with Crippen LogP contribution in [-0.2, 0) is 6.54 Å². The molecule has 0 saturated heterocycles. The van der Waals surface area contributed by atoms with Crippen molar-refractivity contribution >= 4 is 5.69 Å². The molecule has 0 amide bonds. The lowest BCUT2D eigenvalue weighted by Crippen LogP contribution is -2.41. The maximum atomic E-state index is 11.8. The number of benzene rings is 1. The molecule has 0 bridgehead atoms. The second kappa shape index (κ2) is 5.45. The Bertz CT molecular complexity index is 731. The summed E-state index contributed by atoms with van der Waals surface area (Å²) < 4.78 is 1.27. The number of rotatable bonds is 4. The van der Waals surface area contributed by atoms with E-state index in [1.165, 1.54) is 22.9 Å². The average molecular weight is 288 g/mol. The summed E-state index contributed by atoms with van der Waals surface area (Å²) in [7, 11) is 0. The fourth-order valence-corrected chi connectivity index (χ4v) is 1.88. The zero-order chi connectivity index (χ0) is 15.6. The lowest BCUT2D eigenvalue weighted by Gasteiger charge is -2.19. The van der Waals surface area contributed by atoms with Crippen molar-refractivity contribution in [3.63, 3.8) is 0 Å². The number of nitro benzene ring substituents is 1. The molecular formula is C14H16N4O3. The molecule has 1 aromatic heterocycles. The zero-order valence-corrected chi connectivity index (χ0v) is 11.8. The van der Waals surface area contributed by atoms with Crippen molar-refractivity contribution in [2.24, 2.45) is 5.73 Å². The van der Waals surface area contributed by atoms with Crippen LogP contribution >= 0.6 is 0 Å². The van der Waals surface area contributed by atoms with E-state index >= 15 is 0 Å². The van der Waals surface area contributed by atoms with Gasteiger partial charge in [0.2, 0.25) is 0 Å². The molecule has 1 aromatic carbocycles. The summed E-state index contributed by atoms with van der Waals surface area (Å²) in [6, 6.07) is 9.04. The predicted molar refractivity (Wildman–Crippen MR) is 78.9 cm³/mol. The molecule has 7 nitrogen and oxygen atoms in total. The van der Waals surface area contributed by atoms with Crippen LogP contribution in [-0.4, -0.2) is 20.2 Å². The molecule has 7 heteroatoms. The fourth-order valence-electron chi connectivity index (χ4n) is 1.88. The third kappa shape index (κ3) is 3.73. The number of nitro groups is 1. The van der Waals surface area contributed by atoms with Crippen molar-refractivity contribution in [2.75, 3.05) is 0 Å². The Morgan fingerprint density at radius 3 is 2.67 bits per heavy atom. The van der Waals surface area contributed by atoms with Gasteiger partial charge < -0.3 is 5.73 Å². The van der Waals surface area contributed by atoms with Crippen LogP contribution in [0.3, 0.4) is 0 Å². The first-order valence-electron chi connectivity index (χ1n) is 6.38. The number of nitrogens with two attached hydrogens (primary N) is 1. The first kappa shape index (κ1) is 14.9. The van der Waals surface area contributed by atoms with Gasteiger partial charge in [0.05, 0.1) is 17.2 Å². The molecule has 110 valence electrons. The molecule has 21 heavy (non-hydrogen) atoms. The number of nitrogens with zero attached hydrogens (tertiary/aromatic N) is 3. The second-order valence-corrected chi connectivity index (χ2v) is 5.51. The third-order valence-electron chi connectivity index (χ3n) is 2.78. The van der Waals surface area contributed by atoms with Gasteiger partial charge in [-0.15, -0.1) is 0 Å². The third-order valence-corrected chi connectivity index (χ3v) is 2.78. The highest BCUT2D eigenvalue weighted by Gasteiger charge is 2.15. The van der Waals surface area contributed by atoms with E-state index in [2.05, 4.69) is 5.10 Å². The summed E-state index contributed by atoms with van der Waals surface area (Å²) in [6.07, 6.45) is 0. The summed E-state index contributed by atoms with van der Waals surface area (Å²) >= 11 is 0. The number of hydrogen-bond acceptors (Lipinski definition) is 5. The van der Waals surface area contributed by atoms with E-state index in [4.69, 9.17) is 5.73 Å². The van der Waals surface area contributed by atoms with Crippen LogP contribution in [0.2, 0.25) is 0 Å². The molecule has 2 rings (SSSR count). The molecular weight excluding hydrogens is 272 g/mol. The molecule has 0 spiro atoms. The second-order valence-electron chi connectivity index (χ2n) is 5.51. The minimum Gasteiger partial charge on any atom is -0.324 e. The molecule has 0 aliphatic heterocycles. The van der Waals surface area contributed by atoms with Crippen molar-refractivity contribution < 1.29 is 4.92 Å². The zero-order valence-electron chi connectivity index (χ0n) is 11.8. The van der Waals surface area contributed by atoms with Crippen molar-refractivity contribution in [1.29, 1.82) is 0 Å². The van der Waals surface area contributed by atoms with E-state index in [0.29, 0.717) is 11.3 Å². The van der Waals surface area contributed by atoms with Gasteiger partial charge in [-0.1, -0.05) is 12.1 Å². The van der Waals surface area contributed by atoms with Crippen molar-refractivity contribution in [1.82, 2.24) is 9.78 Å². The van der Waals surface area contributed by atoms with Gasteiger partial charge >= 0.3 is 0 Å². The Labute approximate surface area is 121 Å². The average Bonchev–Trinajstić information content (AvgIpc) is 2.40. The summed E-state index contributed by atoms with van der Waals surface area (Å²) in [4.78, 5) is 22.1. The minimum atomic E-state index is -0.585. The van der Waals surface area contributed by atoms with Crippen molar-refractivity contribution in [3.8, 4) is 11.3 Å². The van der Waals surface area contributed by atoms with Gasteiger partial charge in [-0.25, -0.2) is 4.68 Å². The van der Waals surface area contributed by atoms with Crippen LogP contribution in [0, 0.1) is 10.1 Å². The number of aromatic nitrogens is 2. The monoisotopic (exact) mass is 288 g/mol. The first-order chi connectivity index (χ1) is 9.76. The topological polar surface area (TPSA) is 104 Å². The molecule has 1 heterocycles. The molecule has 0 radical (unpaired) electrons. The first-order valence-corrected chi connectivity index (χ1v) is 6.38. The van der Waals surface area contributed by atoms with Crippen molar-refractivity contribution in [2.45, 2.75) is 25.9 Å². The van der Waals surface area contributed by atoms with Crippen LogP contribution in [0.15, 0.2) is 41.2 Å². The molecule has 0 saturated carbocycles. The molecule has 2 aromatic rings. The van der Waals surface area contributed by atoms with E-state index in [0.717, 1.165) is 0 Å². The quantitative estimate of drug-likeness (QED) is 0.679. The summed E-state index contributed by atoms with van der Waals surface area (Å²) in [5.74, 6) is 0. The van der Waals surface area contributed by atoms with Crippen LogP contribution in [0.5, 0.6) is 0 Å². The molecule has 0 aliphatic rings. The van der Waals surface area contributed by atoms with Gasteiger partial charge in [0, 0.05) is 29.3 Å². The van der Waals surface area contributed by atoms with Crippen molar-refractivity contribution in [3.05, 3.63) is 56.9 Å². The van der Waals surface area contributed by atoms with E-state index in [-0.39, 0.29) is 17.8 Å². The highest BCUT2D eigenvalue weighted by Crippen LogP contribution is 2.21. The standard InChI is InChI=1S/C14H16N4O3/c1-14(2,15)9-17-13(19)7-6-12(16-17)10-4-3-5-11(8-10)18(20)21/h3-8H,9,15H2,1-2H3. The lowest BCUT2D eigenvalue weighted by molar-refractivity contribution is -0.384. The fraction of sp³-hybridized carbons (Fsp3) is 0.286. The molecule has 0 aliphatic carbocycles. The molecule has 0 atom stereocenters. The van der Waals surface area contributed by atoms with Gasteiger partial charge in [-0.2, -0.15) is 5.10 Å². The van der Waals surface area contributed by atoms with Crippen LogP contribution in [0.1, 0.15) is 13.8 Å². The van der Waals surface area contributed by atoms with Gasteiger partial charge in [0.25, 0.3) is 11.2 Å². The minimum absolute atomic E-state index is 0.0220. The highest BCUT2D eigenvalue weighted by molar-refractivity contribution is 5.61. The Morgan fingerprint density at radius 2 is 2.05 bits per heavy atom. The van der Waals surface area contributed by atoms with E-state index in [1.54, 1.807) is 32.0 Å². The predicted octanol–water partition coefficient (Wildman–Crippen LogP) is 1.56. The normalized spacial score (nSPS) is 11.4. The van der Waals surface area contributed by atoms with Gasteiger partial charge in [0.1, 0.15) is 0 Å².